The van der Waals surface area contributed by atoms with Gasteiger partial charge in [0, 0.05) is 12.6 Å². The quantitative estimate of drug-likeness (QED) is 0.869. The van der Waals surface area contributed by atoms with Crippen molar-refractivity contribution in [2.24, 2.45) is 0 Å². The molecule has 10 heteroatoms. The molecule has 0 aliphatic rings. The summed E-state index contributed by atoms with van der Waals surface area (Å²) in [6.07, 6.45) is -9.06. The zero-order valence-corrected chi connectivity index (χ0v) is 10.4. The molecule has 0 aliphatic heterocycles. The summed E-state index contributed by atoms with van der Waals surface area (Å²) in [6.45, 7) is 0.0838. The first-order valence-electron chi connectivity index (χ1n) is 5.56. The van der Waals surface area contributed by atoms with Gasteiger partial charge in [-0.3, -0.25) is 0 Å². The van der Waals surface area contributed by atoms with E-state index in [1.54, 1.807) is 6.92 Å². The van der Waals surface area contributed by atoms with Gasteiger partial charge in [0.1, 0.15) is 12.4 Å². The third-order valence-corrected chi connectivity index (χ3v) is 2.21. The van der Waals surface area contributed by atoms with Gasteiger partial charge in [-0.05, 0) is 6.42 Å². The highest BCUT2D eigenvalue weighted by Crippen LogP contribution is 2.31. The maximum absolute atomic E-state index is 12.5. The first kappa shape index (κ1) is 16.3. The van der Waals surface area contributed by atoms with Crippen LogP contribution in [0.15, 0.2) is 6.07 Å². The van der Waals surface area contributed by atoms with Gasteiger partial charge in [0.2, 0.25) is 5.95 Å². The molecule has 0 fully saturated rings. The van der Waals surface area contributed by atoms with E-state index < -0.39 is 36.4 Å². The van der Waals surface area contributed by atoms with Gasteiger partial charge in [0.05, 0.1) is 0 Å². The Balaban J connectivity index is 3.16. The molecule has 114 valence electrons. The van der Waals surface area contributed by atoms with Crippen LogP contribution in [0.2, 0.25) is 0 Å². The Morgan fingerprint density at radius 1 is 1.15 bits per heavy atom. The van der Waals surface area contributed by atoms with Crippen LogP contribution in [0.25, 0.3) is 0 Å². The molecule has 4 nitrogen and oxygen atoms in total. The van der Waals surface area contributed by atoms with Gasteiger partial charge in [0.15, 0.2) is 5.69 Å². The smallest absolute Gasteiger partial charge is 0.368 e. The lowest BCUT2D eigenvalue weighted by Gasteiger charge is -2.25. The van der Waals surface area contributed by atoms with Crippen LogP contribution >= 0.6 is 0 Å². The molecular formula is C10H12F6N4. The van der Waals surface area contributed by atoms with E-state index in [1.165, 1.54) is 0 Å². The van der Waals surface area contributed by atoms with Crippen molar-refractivity contribution >= 4 is 11.8 Å². The zero-order valence-electron chi connectivity index (χ0n) is 10.4. The maximum atomic E-state index is 12.5. The highest BCUT2D eigenvalue weighted by Gasteiger charge is 2.36. The van der Waals surface area contributed by atoms with Crippen molar-refractivity contribution in [2.75, 3.05) is 23.7 Å². The van der Waals surface area contributed by atoms with Crippen LogP contribution in [0.5, 0.6) is 0 Å². The van der Waals surface area contributed by atoms with Crippen LogP contribution in [0.4, 0.5) is 38.1 Å². The molecule has 0 atom stereocenters. The molecule has 0 unspecified atom stereocenters. The molecule has 1 heterocycles. The van der Waals surface area contributed by atoms with E-state index in [0.717, 1.165) is 0 Å². The van der Waals surface area contributed by atoms with Crippen molar-refractivity contribution in [2.45, 2.75) is 25.7 Å². The second kappa shape index (κ2) is 5.71. The molecule has 0 spiro atoms. The van der Waals surface area contributed by atoms with Crippen molar-refractivity contribution < 1.29 is 26.3 Å². The van der Waals surface area contributed by atoms with Gasteiger partial charge < -0.3 is 10.6 Å². The van der Waals surface area contributed by atoms with E-state index >= 15 is 0 Å². The summed E-state index contributed by atoms with van der Waals surface area (Å²) < 4.78 is 74.9. The van der Waals surface area contributed by atoms with Crippen molar-refractivity contribution in [1.82, 2.24) is 9.97 Å². The van der Waals surface area contributed by atoms with Crippen LogP contribution in [0.1, 0.15) is 19.0 Å². The Kier molecular flexibility index (Phi) is 4.66. The van der Waals surface area contributed by atoms with Crippen LogP contribution in [0, 0.1) is 0 Å². The molecule has 0 bridgehead atoms. The van der Waals surface area contributed by atoms with E-state index in [1.807, 2.05) is 0 Å². The number of rotatable bonds is 4. The van der Waals surface area contributed by atoms with Crippen LogP contribution in [-0.4, -0.2) is 29.2 Å². The van der Waals surface area contributed by atoms with E-state index in [9.17, 15) is 26.3 Å². The molecule has 0 amide bonds. The number of hydrogen-bond acceptors (Lipinski definition) is 4. The molecule has 0 aliphatic carbocycles. The van der Waals surface area contributed by atoms with Gasteiger partial charge in [0.25, 0.3) is 0 Å². The monoisotopic (exact) mass is 302 g/mol. The molecular weight excluding hydrogens is 290 g/mol. The second-order valence-corrected chi connectivity index (χ2v) is 4.00. The Morgan fingerprint density at radius 2 is 1.75 bits per heavy atom. The Morgan fingerprint density at radius 3 is 2.20 bits per heavy atom. The van der Waals surface area contributed by atoms with E-state index in [0.29, 0.717) is 17.4 Å². The number of hydrogen-bond donors (Lipinski definition) is 1. The average molecular weight is 302 g/mol. The Bertz CT molecular complexity index is 456. The number of nitrogens with two attached hydrogens (primary N) is 1. The van der Waals surface area contributed by atoms with E-state index in [2.05, 4.69) is 9.97 Å². The Labute approximate surface area is 110 Å². The number of anilines is 2. The number of nitrogen functional groups attached to an aromatic ring is 1. The predicted octanol–water partition coefficient (Wildman–Crippen LogP) is 2.86. The van der Waals surface area contributed by atoms with Gasteiger partial charge in [-0.2, -0.15) is 31.3 Å². The molecule has 20 heavy (non-hydrogen) atoms. The maximum Gasteiger partial charge on any atom is 0.433 e. The van der Waals surface area contributed by atoms with Crippen molar-refractivity contribution in [3.63, 3.8) is 0 Å². The standard InChI is InChI=1S/C10H12F6N4/c1-2-3-20(5-9(11,12)13)7-4-6(10(14,15)16)18-8(17)19-7/h4H,2-3,5H2,1H3,(H2,17,18,19). The summed E-state index contributed by atoms with van der Waals surface area (Å²) in [7, 11) is 0. The molecule has 1 rings (SSSR count). The fraction of sp³-hybridized carbons (Fsp3) is 0.600. The molecule has 0 saturated carbocycles. The third-order valence-electron chi connectivity index (χ3n) is 2.21. The lowest BCUT2D eigenvalue weighted by Crippen LogP contribution is -2.35. The first-order chi connectivity index (χ1) is 9.03. The molecule has 0 radical (unpaired) electrons. The fourth-order valence-electron chi connectivity index (χ4n) is 1.52. The fourth-order valence-corrected chi connectivity index (χ4v) is 1.52. The first-order valence-corrected chi connectivity index (χ1v) is 5.56. The van der Waals surface area contributed by atoms with Crippen molar-refractivity contribution in [1.29, 1.82) is 0 Å². The topological polar surface area (TPSA) is 55.0 Å². The van der Waals surface area contributed by atoms with Crippen LogP contribution in [-0.2, 0) is 6.18 Å². The zero-order chi connectivity index (χ0) is 15.6. The van der Waals surface area contributed by atoms with Gasteiger partial charge >= 0.3 is 12.4 Å². The lowest BCUT2D eigenvalue weighted by molar-refractivity contribution is -0.141. The summed E-state index contributed by atoms with van der Waals surface area (Å²) in [4.78, 5) is 7.11. The normalized spacial score (nSPS) is 12.6. The van der Waals surface area contributed by atoms with Crippen molar-refractivity contribution in [3.8, 4) is 0 Å². The number of aromatic nitrogens is 2. The van der Waals surface area contributed by atoms with Gasteiger partial charge in [-0.25, -0.2) is 4.98 Å². The highest BCUT2D eigenvalue weighted by molar-refractivity contribution is 5.44. The molecule has 0 aromatic carbocycles. The number of alkyl halides is 6. The summed E-state index contributed by atoms with van der Waals surface area (Å²) in [5, 5.41) is 0. The minimum atomic E-state index is -4.80. The average Bonchev–Trinajstić information content (AvgIpc) is 2.24. The van der Waals surface area contributed by atoms with Crippen LogP contribution < -0.4 is 10.6 Å². The SMILES string of the molecule is CCCN(CC(F)(F)F)c1cc(C(F)(F)F)nc(N)n1. The van der Waals surface area contributed by atoms with Gasteiger partial charge in [-0.15, -0.1) is 0 Å². The summed E-state index contributed by atoms with van der Waals surface area (Å²) in [6, 6.07) is 0.456. The number of halogens is 6. The molecule has 1 aromatic heterocycles. The molecule has 2 N–H and O–H groups in total. The summed E-state index contributed by atoms with van der Waals surface area (Å²) in [5.74, 6) is -1.22. The summed E-state index contributed by atoms with van der Waals surface area (Å²) >= 11 is 0. The third kappa shape index (κ3) is 4.74. The number of nitrogens with zero attached hydrogens (tertiary/aromatic N) is 3. The Hall–Kier alpha value is -1.74. The second-order valence-electron chi connectivity index (χ2n) is 4.00. The van der Waals surface area contributed by atoms with Gasteiger partial charge in [-0.1, -0.05) is 6.92 Å². The molecule has 0 saturated heterocycles. The summed E-state index contributed by atoms with van der Waals surface area (Å²) in [5.41, 5.74) is 3.75. The lowest BCUT2D eigenvalue weighted by atomic mass is 10.3. The van der Waals surface area contributed by atoms with E-state index in [-0.39, 0.29) is 6.54 Å². The van der Waals surface area contributed by atoms with E-state index in [4.69, 9.17) is 5.73 Å². The van der Waals surface area contributed by atoms with Crippen LogP contribution in [0.3, 0.4) is 0 Å². The highest BCUT2D eigenvalue weighted by atomic mass is 19.4. The minimum absolute atomic E-state index is 0.104. The largest absolute Gasteiger partial charge is 0.433 e. The minimum Gasteiger partial charge on any atom is -0.368 e. The van der Waals surface area contributed by atoms with Crippen molar-refractivity contribution in [3.05, 3.63) is 11.8 Å². The molecule has 1 aromatic rings. The predicted molar refractivity (Wildman–Crippen MR) is 60.0 cm³/mol.